The summed E-state index contributed by atoms with van der Waals surface area (Å²) in [6.45, 7) is 4.89. The highest BCUT2D eigenvalue weighted by Gasteiger charge is 2.32. The minimum Gasteiger partial charge on any atom is -0.463 e. The Morgan fingerprint density at radius 3 is 2.82 bits per heavy atom. The lowest BCUT2D eigenvalue weighted by Gasteiger charge is -2.34. The van der Waals surface area contributed by atoms with Crippen molar-refractivity contribution in [2.75, 3.05) is 24.5 Å². The van der Waals surface area contributed by atoms with E-state index in [-0.39, 0.29) is 11.9 Å². The van der Waals surface area contributed by atoms with Gasteiger partial charge in [0.1, 0.15) is 11.5 Å². The number of piperidine rings is 1. The second-order valence-electron chi connectivity index (χ2n) is 8.97. The first-order chi connectivity index (χ1) is 16.2. The van der Waals surface area contributed by atoms with Crippen LogP contribution in [0, 0.1) is 6.92 Å². The molecule has 2 saturated heterocycles. The Bertz CT molecular complexity index is 1280. The number of fused-ring (bicyclic) bond motifs is 1. The molecule has 2 aliphatic rings. The number of hydrogen-bond acceptors (Lipinski definition) is 6. The number of anilines is 1. The Hall–Kier alpha value is -3.62. The summed E-state index contributed by atoms with van der Waals surface area (Å²) < 4.78 is 7.27. The second-order valence-corrected chi connectivity index (χ2v) is 8.97. The van der Waals surface area contributed by atoms with Crippen molar-refractivity contribution in [3.8, 4) is 11.5 Å². The van der Waals surface area contributed by atoms with Crippen LogP contribution in [0.3, 0.4) is 0 Å². The van der Waals surface area contributed by atoms with E-state index in [2.05, 4.69) is 28.2 Å². The monoisotopic (exact) mass is 445 g/mol. The third kappa shape index (κ3) is 3.57. The molecule has 6 rings (SSSR count). The molecule has 0 aromatic carbocycles. The highest BCUT2D eigenvalue weighted by molar-refractivity contribution is 5.93. The van der Waals surface area contributed by atoms with Crippen LogP contribution in [0.2, 0.25) is 0 Å². The number of furan rings is 1. The molecule has 0 bridgehead atoms. The van der Waals surface area contributed by atoms with Gasteiger partial charge in [0.05, 0.1) is 18.0 Å². The standard InChI is InChI=1S/C24H27N7O2/c1-16-15-31-22(25-23(16)29-9-4-5-10-29)14-17(28-31)20-7-2-3-11-30(20)24(32)19-13-18(26-27-19)21-8-6-12-33-21/h6,8,12-15,20H,2-5,7,9-11H2,1H3,(H,26,27). The summed E-state index contributed by atoms with van der Waals surface area (Å²) in [5.74, 6) is 1.62. The third-order valence-electron chi connectivity index (χ3n) is 6.72. The predicted octanol–water partition coefficient (Wildman–Crippen LogP) is 3.99. The third-order valence-corrected chi connectivity index (χ3v) is 6.72. The topological polar surface area (TPSA) is 95.6 Å². The Labute approximate surface area is 191 Å². The second kappa shape index (κ2) is 8.06. The molecule has 6 heterocycles. The van der Waals surface area contributed by atoms with Gasteiger partial charge < -0.3 is 14.2 Å². The predicted molar refractivity (Wildman–Crippen MR) is 123 cm³/mol. The van der Waals surface area contributed by atoms with Crippen LogP contribution in [-0.2, 0) is 0 Å². The first kappa shape index (κ1) is 20.0. The largest absolute Gasteiger partial charge is 0.463 e. The maximum atomic E-state index is 13.4. The Kier molecular flexibility index (Phi) is 4.89. The van der Waals surface area contributed by atoms with Gasteiger partial charge in [0.2, 0.25) is 0 Å². The zero-order valence-corrected chi connectivity index (χ0v) is 18.7. The summed E-state index contributed by atoms with van der Waals surface area (Å²) >= 11 is 0. The summed E-state index contributed by atoms with van der Waals surface area (Å²) in [6.07, 6.45) is 9.00. The molecule has 0 aliphatic carbocycles. The van der Waals surface area contributed by atoms with E-state index in [9.17, 15) is 4.79 Å². The summed E-state index contributed by atoms with van der Waals surface area (Å²) in [6, 6.07) is 7.35. The number of hydrogen-bond donors (Lipinski definition) is 1. The number of aryl methyl sites for hydroxylation is 1. The number of likely N-dealkylation sites (tertiary alicyclic amines) is 1. The van der Waals surface area contributed by atoms with Gasteiger partial charge in [0.25, 0.3) is 5.91 Å². The number of nitrogens with one attached hydrogen (secondary N) is 1. The summed E-state index contributed by atoms with van der Waals surface area (Å²) in [5.41, 5.74) is 3.92. The number of nitrogens with zero attached hydrogens (tertiary/aromatic N) is 6. The number of carbonyl (C=O) groups excluding carboxylic acids is 1. The molecular weight excluding hydrogens is 418 g/mol. The van der Waals surface area contributed by atoms with Crippen LogP contribution in [0.15, 0.2) is 41.1 Å². The van der Waals surface area contributed by atoms with Gasteiger partial charge in [0.15, 0.2) is 17.1 Å². The Morgan fingerprint density at radius 1 is 1.15 bits per heavy atom. The summed E-state index contributed by atoms with van der Waals surface area (Å²) in [4.78, 5) is 22.6. The molecule has 0 radical (unpaired) electrons. The van der Waals surface area contributed by atoms with E-state index in [0.29, 0.717) is 23.7 Å². The lowest BCUT2D eigenvalue weighted by Crippen LogP contribution is -2.38. The first-order valence-electron chi connectivity index (χ1n) is 11.7. The van der Waals surface area contributed by atoms with Crippen LogP contribution in [0.25, 0.3) is 17.1 Å². The zero-order chi connectivity index (χ0) is 22.4. The van der Waals surface area contributed by atoms with Crippen molar-refractivity contribution in [2.24, 2.45) is 0 Å². The van der Waals surface area contributed by atoms with E-state index in [1.54, 1.807) is 12.3 Å². The van der Waals surface area contributed by atoms with Crippen molar-refractivity contribution < 1.29 is 9.21 Å². The first-order valence-corrected chi connectivity index (χ1v) is 11.7. The molecule has 1 N–H and O–H groups in total. The van der Waals surface area contributed by atoms with Gasteiger partial charge >= 0.3 is 0 Å². The molecule has 2 fully saturated rings. The Morgan fingerprint density at radius 2 is 2.00 bits per heavy atom. The minimum absolute atomic E-state index is 0.0901. The van der Waals surface area contributed by atoms with E-state index >= 15 is 0 Å². The van der Waals surface area contributed by atoms with Crippen LogP contribution >= 0.6 is 0 Å². The molecule has 0 saturated carbocycles. The van der Waals surface area contributed by atoms with Crippen molar-refractivity contribution in [1.82, 2.24) is 29.7 Å². The van der Waals surface area contributed by atoms with Crippen molar-refractivity contribution in [3.05, 3.63) is 53.7 Å². The molecular formula is C24H27N7O2. The molecule has 1 unspecified atom stereocenters. The van der Waals surface area contributed by atoms with Crippen LogP contribution in [-0.4, -0.2) is 55.2 Å². The molecule has 2 aliphatic heterocycles. The average molecular weight is 446 g/mol. The van der Waals surface area contributed by atoms with Crippen molar-refractivity contribution >= 4 is 17.4 Å². The number of aromatic nitrogens is 5. The molecule has 1 amide bonds. The van der Waals surface area contributed by atoms with Crippen molar-refractivity contribution in [1.29, 1.82) is 0 Å². The van der Waals surface area contributed by atoms with Crippen LogP contribution in [0.1, 0.15) is 59.9 Å². The highest BCUT2D eigenvalue weighted by atomic mass is 16.3. The van der Waals surface area contributed by atoms with E-state index in [0.717, 1.165) is 55.1 Å². The van der Waals surface area contributed by atoms with E-state index < -0.39 is 0 Å². The Balaban J connectivity index is 1.30. The number of aromatic amines is 1. The van der Waals surface area contributed by atoms with E-state index in [4.69, 9.17) is 14.5 Å². The van der Waals surface area contributed by atoms with E-state index in [1.807, 2.05) is 27.6 Å². The van der Waals surface area contributed by atoms with E-state index in [1.165, 1.54) is 12.8 Å². The van der Waals surface area contributed by atoms with Crippen LogP contribution in [0.4, 0.5) is 5.82 Å². The smallest absolute Gasteiger partial charge is 0.274 e. The molecule has 4 aromatic rings. The quantitative estimate of drug-likeness (QED) is 0.510. The van der Waals surface area contributed by atoms with Crippen molar-refractivity contribution in [2.45, 2.75) is 45.1 Å². The summed E-state index contributed by atoms with van der Waals surface area (Å²) in [7, 11) is 0. The number of carbonyl (C=O) groups is 1. The van der Waals surface area contributed by atoms with Crippen LogP contribution < -0.4 is 4.90 Å². The zero-order valence-electron chi connectivity index (χ0n) is 18.7. The number of rotatable bonds is 4. The number of amides is 1. The lowest BCUT2D eigenvalue weighted by atomic mass is 9.99. The average Bonchev–Trinajstić information content (AvgIpc) is 3.63. The van der Waals surface area contributed by atoms with Gasteiger partial charge in [-0.25, -0.2) is 9.50 Å². The van der Waals surface area contributed by atoms with Crippen LogP contribution in [0.5, 0.6) is 0 Å². The number of H-pyrrole nitrogens is 1. The van der Waals surface area contributed by atoms with Gasteiger partial charge in [-0.1, -0.05) is 0 Å². The lowest BCUT2D eigenvalue weighted by molar-refractivity contribution is 0.0599. The fourth-order valence-corrected chi connectivity index (χ4v) is 5.05. The SMILES string of the molecule is Cc1cn2nc(C3CCCCN3C(=O)c3cc(-c4ccco4)[nH]n3)cc2nc1N1CCCC1. The fraction of sp³-hybridized carbons (Fsp3) is 0.417. The maximum absolute atomic E-state index is 13.4. The fourth-order valence-electron chi connectivity index (χ4n) is 5.05. The molecule has 0 spiro atoms. The molecule has 4 aromatic heterocycles. The molecule has 33 heavy (non-hydrogen) atoms. The molecule has 9 nitrogen and oxygen atoms in total. The highest BCUT2D eigenvalue weighted by Crippen LogP contribution is 2.33. The maximum Gasteiger partial charge on any atom is 0.274 e. The molecule has 170 valence electrons. The molecule has 1 atom stereocenters. The van der Waals surface area contributed by atoms with Crippen molar-refractivity contribution in [3.63, 3.8) is 0 Å². The normalized spacial score (nSPS) is 19.0. The van der Waals surface area contributed by atoms with Gasteiger partial charge in [-0.15, -0.1) is 0 Å². The van der Waals surface area contributed by atoms with Gasteiger partial charge in [0, 0.05) is 43.5 Å². The summed E-state index contributed by atoms with van der Waals surface area (Å²) in [5, 5.41) is 12.0. The minimum atomic E-state index is -0.0905. The molecule has 9 heteroatoms. The van der Waals surface area contributed by atoms with Gasteiger partial charge in [-0.05, 0) is 51.2 Å². The van der Waals surface area contributed by atoms with Gasteiger partial charge in [-0.2, -0.15) is 10.2 Å². The van der Waals surface area contributed by atoms with Gasteiger partial charge in [-0.3, -0.25) is 9.89 Å².